The second-order valence-corrected chi connectivity index (χ2v) is 5.63. The van der Waals surface area contributed by atoms with Crippen molar-refractivity contribution in [2.45, 2.75) is 31.8 Å². The SMILES string of the molecule is CNCCC(=O)Nc1cccc(CN2CCCC2C(N)=O)c1. The Morgan fingerprint density at radius 3 is 2.95 bits per heavy atom. The zero-order valence-corrected chi connectivity index (χ0v) is 13.0. The van der Waals surface area contributed by atoms with Gasteiger partial charge in [0.05, 0.1) is 6.04 Å². The fourth-order valence-corrected chi connectivity index (χ4v) is 2.78. The summed E-state index contributed by atoms with van der Waals surface area (Å²) in [6.45, 7) is 2.21. The average molecular weight is 304 g/mol. The number of primary amides is 1. The number of carbonyl (C=O) groups excluding carboxylic acids is 2. The fraction of sp³-hybridized carbons (Fsp3) is 0.500. The Morgan fingerprint density at radius 1 is 1.41 bits per heavy atom. The van der Waals surface area contributed by atoms with Gasteiger partial charge in [0, 0.05) is 25.2 Å². The van der Waals surface area contributed by atoms with Gasteiger partial charge in [-0.1, -0.05) is 12.1 Å². The van der Waals surface area contributed by atoms with Crippen LogP contribution in [0.25, 0.3) is 0 Å². The van der Waals surface area contributed by atoms with Gasteiger partial charge in [-0.05, 0) is 44.1 Å². The van der Waals surface area contributed by atoms with Gasteiger partial charge in [0.25, 0.3) is 0 Å². The van der Waals surface area contributed by atoms with Gasteiger partial charge in [-0.15, -0.1) is 0 Å². The van der Waals surface area contributed by atoms with Crippen LogP contribution in [0.4, 0.5) is 5.69 Å². The first-order valence-corrected chi connectivity index (χ1v) is 7.67. The van der Waals surface area contributed by atoms with Crippen LogP contribution in [0, 0.1) is 0 Å². The van der Waals surface area contributed by atoms with E-state index in [1.165, 1.54) is 0 Å². The summed E-state index contributed by atoms with van der Waals surface area (Å²) in [4.78, 5) is 25.3. The van der Waals surface area contributed by atoms with Crippen LogP contribution >= 0.6 is 0 Å². The summed E-state index contributed by atoms with van der Waals surface area (Å²) in [6, 6.07) is 7.57. The Bertz CT molecular complexity index is 533. The fourth-order valence-electron chi connectivity index (χ4n) is 2.78. The molecule has 6 nitrogen and oxygen atoms in total. The van der Waals surface area contributed by atoms with Crippen molar-refractivity contribution in [1.29, 1.82) is 0 Å². The lowest BCUT2D eigenvalue weighted by Crippen LogP contribution is -2.39. The molecule has 0 bridgehead atoms. The Hall–Kier alpha value is -1.92. The van der Waals surface area contributed by atoms with Crippen molar-refractivity contribution >= 4 is 17.5 Å². The van der Waals surface area contributed by atoms with Crippen molar-refractivity contribution in [2.24, 2.45) is 5.73 Å². The van der Waals surface area contributed by atoms with E-state index >= 15 is 0 Å². The van der Waals surface area contributed by atoms with E-state index in [4.69, 9.17) is 5.73 Å². The van der Waals surface area contributed by atoms with E-state index in [-0.39, 0.29) is 17.9 Å². The van der Waals surface area contributed by atoms with Gasteiger partial charge < -0.3 is 16.4 Å². The van der Waals surface area contributed by atoms with Gasteiger partial charge in [0.2, 0.25) is 11.8 Å². The maximum Gasteiger partial charge on any atom is 0.234 e. The molecule has 1 aliphatic rings. The highest BCUT2D eigenvalue weighted by Crippen LogP contribution is 2.21. The molecule has 0 radical (unpaired) electrons. The van der Waals surface area contributed by atoms with Gasteiger partial charge in [-0.25, -0.2) is 0 Å². The molecule has 1 fully saturated rings. The minimum Gasteiger partial charge on any atom is -0.368 e. The number of amides is 2. The zero-order chi connectivity index (χ0) is 15.9. The van der Waals surface area contributed by atoms with Crippen molar-refractivity contribution in [1.82, 2.24) is 10.2 Å². The van der Waals surface area contributed by atoms with E-state index < -0.39 is 0 Å². The lowest BCUT2D eigenvalue weighted by Gasteiger charge is -2.22. The van der Waals surface area contributed by atoms with Gasteiger partial charge >= 0.3 is 0 Å². The molecule has 1 unspecified atom stereocenters. The van der Waals surface area contributed by atoms with E-state index in [2.05, 4.69) is 15.5 Å². The van der Waals surface area contributed by atoms with Crippen molar-refractivity contribution in [3.8, 4) is 0 Å². The van der Waals surface area contributed by atoms with Gasteiger partial charge in [0.15, 0.2) is 0 Å². The molecule has 120 valence electrons. The van der Waals surface area contributed by atoms with Crippen LogP contribution in [-0.2, 0) is 16.1 Å². The van der Waals surface area contributed by atoms with E-state index in [0.717, 1.165) is 30.6 Å². The molecule has 4 N–H and O–H groups in total. The summed E-state index contributed by atoms with van der Waals surface area (Å²) in [5, 5.41) is 5.84. The van der Waals surface area contributed by atoms with E-state index in [9.17, 15) is 9.59 Å². The predicted octanol–water partition coefficient (Wildman–Crippen LogP) is 0.684. The molecule has 1 aliphatic heterocycles. The summed E-state index contributed by atoms with van der Waals surface area (Å²) in [7, 11) is 1.82. The summed E-state index contributed by atoms with van der Waals surface area (Å²) in [5.74, 6) is -0.267. The number of rotatable bonds is 7. The minimum atomic E-state index is -0.256. The summed E-state index contributed by atoms with van der Waals surface area (Å²) in [6.07, 6.45) is 2.26. The molecule has 1 atom stereocenters. The topological polar surface area (TPSA) is 87.5 Å². The van der Waals surface area contributed by atoms with Gasteiger partial charge in [-0.2, -0.15) is 0 Å². The molecule has 0 aromatic heterocycles. The molecule has 0 spiro atoms. The standard InChI is InChI=1S/C16H24N4O2/c1-18-8-7-15(21)19-13-5-2-4-12(10-13)11-20-9-3-6-14(20)16(17)22/h2,4-5,10,14,18H,3,6-9,11H2,1H3,(H2,17,22)(H,19,21). The highest BCUT2D eigenvalue weighted by molar-refractivity contribution is 5.90. The second kappa shape index (κ2) is 7.91. The molecule has 0 aliphatic carbocycles. The first-order chi connectivity index (χ1) is 10.6. The molecule has 22 heavy (non-hydrogen) atoms. The lowest BCUT2D eigenvalue weighted by atomic mass is 10.1. The highest BCUT2D eigenvalue weighted by atomic mass is 16.2. The molecule has 1 aromatic carbocycles. The summed E-state index contributed by atoms with van der Waals surface area (Å²) >= 11 is 0. The molecule has 0 saturated carbocycles. The van der Waals surface area contributed by atoms with Crippen molar-refractivity contribution in [3.05, 3.63) is 29.8 Å². The molecule has 1 heterocycles. The van der Waals surface area contributed by atoms with Crippen LogP contribution in [0.15, 0.2) is 24.3 Å². The molecular formula is C16H24N4O2. The van der Waals surface area contributed by atoms with Gasteiger partial charge in [-0.3, -0.25) is 14.5 Å². The summed E-state index contributed by atoms with van der Waals surface area (Å²) in [5.41, 5.74) is 7.30. The van der Waals surface area contributed by atoms with E-state index in [1.807, 2.05) is 31.3 Å². The number of hydrogen-bond acceptors (Lipinski definition) is 4. The van der Waals surface area contributed by atoms with Crippen LogP contribution in [0.5, 0.6) is 0 Å². The number of nitrogens with zero attached hydrogens (tertiary/aromatic N) is 1. The number of anilines is 1. The number of benzene rings is 1. The second-order valence-electron chi connectivity index (χ2n) is 5.63. The van der Waals surface area contributed by atoms with Crippen LogP contribution in [0.1, 0.15) is 24.8 Å². The van der Waals surface area contributed by atoms with E-state index in [1.54, 1.807) is 0 Å². The summed E-state index contributed by atoms with van der Waals surface area (Å²) < 4.78 is 0. The number of nitrogens with two attached hydrogens (primary N) is 1. The Labute approximate surface area is 131 Å². The van der Waals surface area contributed by atoms with Crippen molar-refractivity contribution < 1.29 is 9.59 Å². The molecule has 6 heteroatoms. The Kier molecular flexibility index (Phi) is 5.91. The van der Waals surface area contributed by atoms with Crippen LogP contribution < -0.4 is 16.4 Å². The third-order valence-corrected chi connectivity index (χ3v) is 3.89. The normalized spacial score (nSPS) is 18.3. The monoisotopic (exact) mass is 304 g/mol. The quantitative estimate of drug-likeness (QED) is 0.691. The molecule has 1 aromatic rings. The Morgan fingerprint density at radius 2 is 2.23 bits per heavy atom. The lowest BCUT2D eigenvalue weighted by molar-refractivity contribution is -0.122. The smallest absolute Gasteiger partial charge is 0.234 e. The number of carbonyl (C=O) groups is 2. The largest absolute Gasteiger partial charge is 0.368 e. The number of hydrogen-bond donors (Lipinski definition) is 3. The number of nitrogens with one attached hydrogen (secondary N) is 2. The van der Waals surface area contributed by atoms with Gasteiger partial charge in [0.1, 0.15) is 0 Å². The zero-order valence-electron chi connectivity index (χ0n) is 13.0. The van der Waals surface area contributed by atoms with E-state index in [0.29, 0.717) is 19.5 Å². The predicted molar refractivity (Wildman–Crippen MR) is 86.2 cm³/mol. The number of likely N-dealkylation sites (tertiary alicyclic amines) is 1. The maximum absolute atomic E-state index is 11.7. The van der Waals surface area contributed by atoms with Crippen molar-refractivity contribution in [2.75, 3.05) is 25.5 Å². The van der Waals surface area contributed by atoms with Crippen LogP contribution in [-0.4, -0.2) is 42.9 Å². The molecule has 2 rings (SSSR count). The Balaban J connectivity index is 1.96. The third kappa shape index (κ3) is 4.54. The molecule has 1 saturated heterocycles. The van der Waals surface area contributed by atoms with Crippen LogP contribution in [0.3, 0.4) is 0 Å². The first kappa shape index (κ1) is 16.5. The average Bonchev–Trinajstić information content (AvgIpc) is 2.94. The highest BCUT2D eigenvalue weighted by Gasteiger charge is 2.28. The van der Waals surface area contributed by atoms with Crippen LogP contribution in [0.2, 0.25) is 0 Å². The maximum atomic E-state index is 11.7. The van der Waals surface area contributed by atoms with Crippen molar-refractivity contribution in [3.63, 3.8) is 0 Å². The first-order valence-electron chi connectivity index (χ1n) is 7.67. The molecular weight excluding hydrogens is 280 g/mol. The molecule has 2 amide bonds. The minimum absolute atomic E-state index is 0.0114. The third-order valence-electron chi connectivity index (χ3n) is 3.89.